The highest BCUT2D eigenvalue weighted by Crippen LogP contribution is 2.32. The molecule has 0 fully saturated rings. The normalized spacial score (nSPS) is 14.3. The van der Waals surface area contributed by atoms with Gasteiger partial charge < -0.3 is 4.74 Å². The molecule has 0 spiro atoms. The summed E-state index contributed by atoms with van der Waals surface area (Å²) in [4.78, 5) is 12.0. The van der Waals surface area contributed by atoms with Crippen LogP contribution in [0.1, 0.15) is 73.6 Å². The molecule has 0 rings (SSSR count). The molecule has 0 aromatic carbocycles. The number of ether oxygens (including phenoxy) is 1. The van der Waals surface area contributed by atoms with E-state index in [9.17, 15) is 9.18 Å². The summed E-state index contributed by atoms with van der Waals surface area (Å²) >= 11 is 0. The van der Waals surface area contributed by atoms with Crippen molar-refractivity contribution in [3.05, 3.63) is 0 Å². The molecule has 0 aliphatic heterocycles. The van der Waals surface area contributed by atoms with E-state index in [4.69, 9.17) is 4.74 Å². The van der Waals surface area contributed by atoms with Crippen molar-refractivity contribution >= 4 is 5.97 Å². The molecule has 0 N–H and O–H groups in total. The molecule has 0 heterocycles. The molecule has 0 aromatic rings. The molecule has 19 heavy (non-hydrogen) atoms. The second-order valence-electron chi connectivity index (χ2n) is 6.61. The van der Waals surface area contributed by atoms with Crippen LogP contribution in [0.2, 0.25) is 0 Å². The zero-order chi connectivity index (χ0) is 15.1. The maximum absolute atomic E-state index is 12.8. The Labute approximate surface area is 118 Å². The number of esters is 1. The van der Waals surface area contributed by atoms with E-state index >= 15 is 0 Å². The van der Waals surface area contributed by atoms with Crippen molar-refractivity contribution < 1.29 is 13.9 Å². The van der Waals surface area contributed by atoms with E-state index in [1.54, 1.807) is 13.8 Å². The molecule has 1 unspecified atom stereocenters. The SMILES string of the molecule is CCCCCC(CC)C(C)(C)OC(=O)C(C)(C)CF. The van der Waals surface area contributed by atoms with Crippen LogP contribution in [0.3, 0.4) is 0 Å². The Morgan fingerprint density at radius 2 is 1.74 bits per heavy atom. The van der Waals surface area contributed by atoms with Gasteiger partial charge in [-0.1, -0.05) is 33.1 Å². The van der Waals surface area contributed by atoms with Crippen LogP contribution < -0.4 is 0 Å². The molecule has 3 heteroatoms. The van der Waals surface area contributed by atoms with Crippen LogP contribution in [0.25, 0.3) is 0 Å². The Kier molecular flexibility index (Phi) is 7.61. The molecule has 0 aliphatic carbocycles. The smallest absolute Gasteiger partial charge is 0.314 e. The van der Waals surface area contributed by atoms with Crippen molar-refractivity contribution in [3.63, 3.8) is 0 Å². The molecule has 0 radical (unpaired) electrons. The summed E-state index contributed by atoms with van der Waals surface area (Å²) in [5.74, 6) is -0.104. The number of rotatable bonds is 9. The van der Waals surface area contributed by atoms with Gasteiger partial charge in [0, 0.05) is 0 Å². The van der Waals surface area contributed by atoms with Gasteiger partial charge in [0.25, 0.3) is 0 Å². The van der Waals surface area contributed by atoms with Gasteiger partial charge in [-0.15, -0.1) is 0 Å². The van der Waals surface area contributed by atoms with Gasteiger partial charge in [-0.05, 0) is 46.5 Å². The fraction of sp³-hybridized carbons (Fsp3) is 0.938. The number of alkyl halides is 1. The molecule has 0 saturated carbocycles. The second kappa shape index (κ2) is 7.86. The Hall–Kier alpha value is -0.600. The Morgan fingerprint density at radius 1 is 1.16 bits per heavy atom. The zero-order valence-corrected chi connectivity index (χ0v) is 13.5. The van der Waals surface area contributed by atoms with Crippen LogP contribution in [-0.2, 0) is 9.53 Å². The quantitative estimate of drug-likeness (QED) is 0.441. The predicted octanol–water partition coefficient (Wildman–Crippen LogP) is 4.91. The summed E-state index contributed by atoms with van der Waals surface area (Å²) in [5.41, 5.74) is -1.56. The van der Waals surface area contributed by atoms with Crippen LogP contribution in [0.15, 0.2) is 0 Å². The lowest BCUT2D eigenvalue weighted by atomic mass is 9.83. The van der Waals surface area contributed by atoms with Crippen molar-refractivity contribution in [1.29, 1.82) is 0 Å². The Morgan fingerprint density at radius 3 is 2.16 bits per heavy atom. The largest absolute Gasteiger partial charge is 0.459 e. The fourth-order valence-corrected chi connectivity index (χ4v) is 2.20. The first-order chi connectivity index (χ1) is 8.71. The first kappa shape index (κ1) is 18.4. The highest BCUT2D eigenvalue weighted by molar-refractivity contribution is 5.76. The van der Waals surface area contributed by atoms with Gasteiger partial charge in [0.05, 0.1) is 5.41 Å². The highest BCUT2D eigenvalue weighted by atomic mass is 19.1. The summed E-state index contributed by atoms with van der Waals surface area (Å²) in [6, 6.07) is 0. The van der Waals surface area contributed by atoms with E-state index < -0.39 is 23.7 Å². The van der Waals surface area contributed by atoms with Crippen LogP contribution in [0.4, 0.5) is 4.39 Å². The Balaban J connectivity index is 4.60. The molecule has 114 valence electrons. The van der Waals surface area contributed by atoms with Gasteiger partial charge in [0.15, 0.2) is 0 Å². The van der Waals surface area contributed by atoms with Crippen molar-refractivity contribution in [2.24, 2.45) is 11.3 Å². The first-order valence-corrected chi connectivity index (χ1v) is 7.50. The monoisotopic (exact) mass is 274 g/mol. The average Bonchev–Trinajstić information content (AvgIpc) is 2.33. The lowest BCUT2D eigenvalue weighted by Crippen LogP contribution is -2.41. The molecule has 0 aliphatic rings. The van der Waals surface area contributed by atoms with Crippen molar-refractivity contribution in [2.75, 3.05) is 6.67 Å². The van der Waals surface area contributed by atoms with Gasteiger partial charge in [-0.3, -0.25) is 4.79 Å². The number of carbonyl (C=O) groups excluding carboxylic acids is 1. The highest BCUT2D eigenvalue weighted by Gasteiger charge is 2.37. The van der Waals surface area contributed by atoms with E-state index in [0.717, 1.165) is 19.3 Å². The van der Waals surface area contributed by atoms with E-state index in [1.807, 2.05) is 13.8 Å². The predicted molar refractivity (Wildman–Crippen MR) is 77.9 cm³/mol. The summed E-state index contributed by atoms with van der Waals surface area (Å²) in [7, 11) is 0. The Bertz CT molecular complexity index is 272. The van der Waals surface area contributed by atoms with Crippen LogP contribution in [0.5, 0.6) is 0 Å². The fourth-order valence-electron chi connectivity index (χ4n) is 2.20. The van der Waals surface area contributed by atoms with E-state index in [-0.39, 0.29) is 0 Å². The third-order valence-corrected chi connectivity index (χ3v) is 3.87. The number of halogens is 1. The molecule has 0 aromatic heterocycles. The lowest BCUT2D eigenvalue weighted by Gasteiger charge is -2.36. The first-order valence-electron chi connectivity index (χ1n) is 7.50. The average molecular weight is 274 g/mol. The standard InChI is InChI=1S/C16H31FO2/c1-7-9-10-11-13(8-2)16(5,6)19-14(18)15(3,4)12-17/h13H,7-12H2,1-6H3. The van der Waals surface area contributed by atoms with Crippen molar-refractivity contribution in [1.82, 2.24) is 0 Å². The summed E-state index contributed by atoms with van der Waals surface area (Å²) in [6.45, 7) is 10.7. The molecule has 0 bridgehead atoms. The van der Waals surface area contributed by atoms with Crippen molar-refractivity contribution in [3.8, 4) is 0 Å². The molecular weight excluding hydrogens is 243 g/mol. The van der Waals surface area contributed by atoms with Crippen LogP contribution in [0, 0.1) is 11.3 Å². The number of carbonyl (C=O) groups is 1. The minimum atomic E-state index is -1.04. The molecule has 1 atom stereocenters. The zero-order valence-electron chi connectivity index (χ0n) is 13.5. The van der Waals surface area contributed by atoms with E-state index in [0.29, 0.717) is 5.92 Å². The number of hydrogen-bond donors (Lipinski definition) is 0. The summed E-state index contributed by atoms with van der Waals surface area (Å²) in [6.07, 6.45) is 5.57. The van der Waals surface area contributed by atoms with Crippen LogP contribution >= 0.6 is 0 Å². The topological polar surface area (TPSA) is 26.3 Å². The van der Waals surface area contributed by atoms with Crippen LogP contribution in [-0.4, -0.2) is 18.2 Å². The number of unbranched alkanes of at least 4 members (excludes halogenated alkanes) is 2. The number of hydrogen-bond acceptors (Lipinski definition) is 2. The van der Waals surface area contributed by atoms with Gasteiger partial charge in [0.1, 0.15) is 12.3 Å². The maximum atomic E-state index is 12.8. The van der Waals surface area contributed by atoms with Gasteiger partial charge in [-0.25, -0.2) is 4.39 Å². The summed E-state index contributed by atoms with van der Waals surface area (Å²) in [5, 5.41) is 0. The van der Waals surface area contributed by atoms with Gasteiger partial charge >= 0.3 is 5.97 Å². The van der Waals surface area contributed by atoms with Gasteiger partial charge in [0.2, 0.25) is 0 Å². The summed E-state index contributed by atoms with van der Waals surface area (Å²) < 4.78 is 18.4. The molecule has 0 saturated heterocycles. The van der Waals surface area contributed by atoms with Gasteiger partial charge in [-0.2, -0.15) is 0 Å². The second-order valence-corrected chi connectivity index (χ2v) is 6.61. The maximum Gasteiger partial charge on any atom is 0.314 e. The molecule has 0 amide bonds. The minimum absolute atomic E-state index is 0.332. The third-order valence-electron chi connectivity index (χ3n) is 3.87. The van der Waals surface area contributed by atoms with E-state index in [2.05, 4.69) is 13.8 Å². The molecule has 2 nitrogen and oxygen atoms in total. The van der Waals surface area contributed by atoms with E-state index in [1.165, 1.54) is 12.8 Å². The third kappa shape index (κ3) is 5.92. The minimum Gasteiger partial charge on any atom is -0.459 e. The molecular formula is C16H31FO2. The van der Waals surface area contributed by atoms with Crippen molar-refractivity contribution in [2.45, 2.75) is 79.2 Å². The lowest BCUT2D eigenvalue weighted by molar-refractivity contribution is -0.173.